The fourth-order valence-electron chi connectivity index (χ4n) is 2.36. The van der Waals surface area contributed by atoms with Crippen molar-refractivity contribution < 1.29 is 0 Å². The molecule has 0 bridgehead atoms. The summed E-state index contributed by atoms with van der Waals surface area (Å²) in [6.07, 6.45) is 10.1. The minimum absolute atomic E-state index is 1.17. The lowest BCUT2D eigenvalue weighted by atomic mass is 10.1. The highest BCUT2D eigenvalue weighted by molar-refractivity contribution is 4.90. The van der Waals surface area contributed by atoms with Gasteiger partial charge in [0.15, 0.2) is 0 Å². The van der Waals surface area contributed by atoms with Crippen LogP contribution in [0.1, 0.15) is 25.7 Å². The third-order valence-electron chi connectivity index (χ3n) is 3.32. The van der Waals surface area contributed by atoms with Gasteiger partial charge in [-0.15, -0.1) is 0 Å². The van der Waals surface area contributed by atoms with Gasteiger partial charge in [0.1, 0.15) is 0 Å². The van der Waals surface area contributed by atoms with Crippen molar-refractivity contribution in [3.8, 4) is 0 Å². The Hall–Kier alpha value is -0.340. The van der Waals surface area contributed by atoms with Crippen molar-refractivity contribution in [3.05, 3.63) is 12.2 Å². The Balaban J connectivity index is 1.63. The lowest BCUT2D eigenvalue weighted by Crippen LogP contribution is -2.38. The van der Waals surface area contributed by atoms with Gasteiger partial charge in [-0.1, -0.05) is 18.6 Å². The molecule has 0 radical (unpaired) electrons. The highest BCUT2D eigenvalue weighted by atomic mass is 15.2. The summed E-state index contributed by atoms with van der Waals surface area (Å²) in [7, 11) is 0. The van der Waals surface area contributed by atoms with Crippen LogP contribution in [-0.4, -0.2) is 49.1 Å². The Bertz CT molecular complexity index is 183. The maximum absolute atomic E-state index is 2.63. The molecule has 0 aromatic carbocycles. The van der Waals surface area contributed by atoms with Crippen LogP contribution in [0.4, 0.5) is 0 Å². The normalized spacial score (nSPS) is 25.4. The van der Waals surface area contributed by atoms with Crippen molar-refractivity contribution in [1.82, 2.24) is 9.80 Å². The third-order valence-corrected chi connectivity index (χ3v) is 3.32. The lowest BCUT2D eigenvalue weighted by Gasteiger charge is -2.30. The second kappa shape index (κ2) is 5.52. The minimum atomic E-state index is 1.17. The van der Waals surface area contributed by atoms with Gasteiger partial charge in [0, 0.05) is 26.2 Å². The van der Waals surface area contributed by atoms with E-state index in [-0.39, 0.29) is 0 Å². The summed E-state index contributed by atoms with van der Waals surface area (Å²) in [6.45, 7) is 7.67. The molecule has 0 aliphatic carbocycles. The van der Waals surface area contributed by atoms with Crippen LogP contribution >= 0.6 is 0 Å². The van der Waals surface area contributed by atoms with E-state index in [4.69, 9.17) is 0 Å². The minimum Gasteiger partial charge on any atom is -0.302 e. The third kappa shape index (κ3) is 3.10. The van der Waals surface area contributed by atoms with Gasteiger partial charge in [-0.3, -0.25) is 4.90 Å². The Labute approximate surface area is 87.6 Å². The summed E-state index contributed by atoms with van der Waals surface area (Å²) >= 11 is 0. The molecule has 0 unspecified atom stereocenters. The van der Waals surface area contributed by atoms with E-state index in [2.05, 4.69) is 22.0 Å². The SMILES string of the molecule is C1=CCN(CCN2CCCCC2)CC1. The first kappa shape index (κ1) is 10.2. The zero-order valence-electron chi connectivity index (χ0n) is 9.12. The van der Waals surface area contributed by atoms with Crippen molar-refractivity contribution in [2.24, 2.45) is 0 Å². The van der Waals surface area contributed by atoms with Gasteiger partial charge in [-0.2, -0.15) is 0 Å². The van der Waals surface area contributed by atoms with Gasteiger partial charge in [-0.05, 0) is 32.4 Å². The maximum atomic E-state index is 2.63. The summed E-state index contributed by atoms with van der Waals surface area (Å²) in [6, 6.07) is 0. The Morgan fingerprint density at radius 2 is 1.57 bits per heavy atom. The van der Waals surface area contributed by atoms with Crippen molar-refractivity contribution in [3.63, 3.8) is 0 Å². The van der Waals surface area contributed by atoms with Gasteiger partial charge >= 0.3 is 0 Å². The van der Waals surface area contributed by atoms with Gasteiger partial charge in [0.25, 0.3) is 0 Å². The van der Waals surface area contributed by atoms with Gasteiger partial charge in [0.05, 0.1) is 0 Å². The van der Waals surface area contributed by atoms with Crippen molar-refractivity contribution in [2.45, 2.75) is 25.7 Å². The van der Waals surface area contributed by atoms with E-state index < -0.39 is 0 Å². The fourth-order valence-corrected chi connectivity index (χ4v) is 2.36. The van der Waals surface area contributed by atoms with E-state index in [1.165, 1.54) is 65.0 Å². The summed E-state index contributed by atoms with van der Waals surface area (Å²) in [5, 5.41) is 0. The van der Waals surface area contributed by atoms with Crippen molar-refractivity contribution in [2.75, 3.05) is 39.3 Å². The van der Waals surface area contributed by atoms with Crippen LogP contribution in [0.25, 0.3) is 0 Å². The predicted octanol–water partition coefficient (Wildman–Crippen LogP) is 1.73. The van der Waals surface area contributed by atoms with Crippen LogP contribution < -0.4 is 0 Å². The Morgan fingerprint density at radius 1 is 0.786 bits per heavy atom. The first-order chi connectivity index (χ1) is 6.95. The molecule has 2 heterocycles. The van der Waals surface area contributed by atoms with Crippen LogP contribution in [0.15, 0.2) is 12.2 Å². The first-order valence-corrected chi connectivity index (χ1v) is 6.05. The van der Waals surface area contributed by atoms with E-state index >= 15 is 0 Å². The molecule has 1 saturated heterocycles. The van der Waals surface area contributed by atoms with E-state index in [0.29, 0.717) is 0 Å². The summed E-state index contributed by atoms with van der Waals surface area (Å²) in [5.74, 6) is 0. The van der Waals surface area contributed by atoms with E-state index in [0.717, 1.165) is 0 Å². The average Bonchev–Trinajstić information content (AvgIpc) is 2.29. The molecule has 2 aliphatic heterocycles. The van der Waals surface area contributed by atoms with Crippen LogP contribution in [0.2, 0.25) is 0 Å². The molecule has 0 N–H and O–H groups in total. The monoisotopic (exact) mass is 194 g/mol. The molecule has 14 heavy (non-hydrogen) atoms. The molecule has 0 saturated carbocycles. The molecule has 0 aromatic rings. The molecule has 0 amide bonds. The van der Waals surface area contributed by atoms with E-state index in [1.54, 1.807) is 0 Å². The van der Waals surface area contributed by atoms with Crippen LogP contribution in [0.3, 0.4) is 0 Å². The second-order valence-electron chi connectivity index (χ2n) is 4.46. The molecule has 2 aliphatic rings. The van der Waals surface area contributed by atoms with Gasteiger partial charge in [-0.25, -0.2) is 0 Å². The lowest BCUT2D eigenvalue weighted by molar-refractivity contribution is 0.188. The van der Waals surface area contributed by atoms with Gasteiger partial charge in [0.2, 0.25) is 0 Å². The molecule has 0 atom stereocenters. The second-order valence-corrected chi connectivity index (χ2v) is 4.46. The average molecular weight is 194 g/mol. The maximum Gasteiger partial charge on any atom is 0.0163 e. The summed E-state index contributed by atoms with van der Waals surface area (Å²) in [4.78, 5) is 5.19. The fraction of sp³-hybridized carbons (Fsp3) is 0.833. The highest BCUT2D eigenvalue weighted by Crippen LogP contribution is 2.08. The van der Waals surface area contributed by atoms with E-state index in [1.807, 2.05) is 0 Å². The molecule has 2 nitrogen and oxygen atoms in total. The number of nitrogens with zero attached hydrogens (tertiary/aromatic N) is 2. The van der Waals surface area contributed by atoms with Crippen molar-refractivity contribution >= 4 is 0 Å². The van der Waals surface area contributed by atoms with Crippen LogP contribution in [0, 0.1) is 0 Å². The smallest absolute Gasteiger partial charge is 0.0163 e. The zero-order valence-corrected chi connectivity index (χ0v) is 9.12. The first-order valence-electron chi connectivity index (χ1n) is 6.05. The van der Waals surface area contributed by atoms with E-state index in [9.17, 15) is 0 Å². The summed E-state index contributed by atoms with van der Waals surface area (Å²) < 4.78 is 0. The van der Waals surface area contributed by atoms with Crippen molar-refractivity contribution in [1.29, 1.82) is 0 Å². The zero-order chi connectivity index (χ0) is 9.64. The molecule has 0 aromatic heterocycles. The number of hydrogen-bond acceptors (Lipinski definition) is 2. The van der Waals surface area contributed by atoms with Crippen LogP contribution in [-0.2, 0) is 0 Å². The molecule has 0 spiro atoms. The Morgan fingerprint density at radius 3 is 2.29 bits per heavy atom. The number of piperidine rings is 1. The van der Waals surface area contributed by atoms with Crippen LogP contribution in [0.5, 0.6) is 0 Å². The standard InChI is InChI=1S/C12H22N2/c1-3-7-13(8-4-1)11-12-14-9-5-2-6-10-14/h1,3H,2,4-12H2. The molecular formula is C12H22N2. The largest absolute Gasteiger partial charge is 0.302 e. The quantitative estimate of drug-likeness (QED) is 0.631. The number of hydrogen-bond donors (Lipinski definition) is 0. The number of rotatable bonds is 3. The molecule has 1 fully saturated rings. The predicted molar refractivity (Wildman–Crippen MR) is 60.5 cm³/mol. The molecule has 80 valence electrons. The number of likely N-dealkylation sites (tertiary alicyclic amines) is 1. The summed E-state index contributed by atoms with van der Waals surface area (Å²) in [5.41, 5.74) is 0. The molecule has 2 heteroatoms. The molecule has 2 rings (SSSR count). The van der Waals surface area contributed by atoms with Gasteiger partial charge < -0.3 is 4.90 Å². The highest BCUT2D eigenvalue weighted by Gasteiger charge is 2.11. The molecular weight excluding hydrogens is 172 g/mol. The topological polar surface area (TPSA) is 6.48 Å². The Kier molecular flexibility index (Phi) is 4.02.